The van der Waals surface area contributed by atoms with Crippen LogP contribution < -0.4 is 10.1 Å². The Labute approximate surface area is 169 Å². The number of hydrogen-bond donors (Lipinski definition) is 1. The fraction of sp³-hybridized carbons (Fsp3) is 0.0476. The Morgan fingerprint density at radius 1 is 1.07 bits per heavy atom. The average molecular weight is 405 g/mol. The molecule has 0 atom stereocenters. The van der Waals surface area contributed by atoms with E-state index in [1.165, 1.54) is 23.5 Å². The number of fused-ring (bicyclic) bond motifs is 1. The van der Waals surface area contributed by atoms with Crippen molar-refractivity contribution >= 4 is 38.3 Å². The second-order valence-electron chi connectivity index (χ2n) is 6.18. The van der Waals surface area contributed by atoms with Gasteiger partial charge >= 0.3 is 0 Å². The van der Waals surface area contributed by atoms with E-state index in [1.54, 1.807) is 30.3 Å². The summed E-state index contributed by atoms with van der Waals surface area (Å²) in [4.78, 5) is 27.3. The van der Waals surface area contributed by atoms with Crippen molar-refractivity contribution in [1.29, 1.82) is 0 Å². The normalized spacial score (nSPS) is 10.6. The third-order valence-corrected chi connectivity index (χ3v) is 5.08. The number of thiazole rings is 1. The van der Waals surface area contributed by atoms with Crippen LogP contribution in [0.5, 0.6) is 5.75 Å². The van der Waals surface area contributed by atoms with Gasteiger partial charge in [0.25, 0.3) is 11.6 Å². The molecule has 4 aromatic rings. The van der Waals surface area contributed by atoms with Gasteiger partial charge in [0.05, 0.1) is 15.1 Å². The van der Waals surface area contributed by atoms with Crippen LogP contribution >= 0.6 is 11.3 Å². The number of rotatable bonds is 6. The van der Waals surface area contributed by atoms with Crippen LogP contribution in [0.2, 0.25) is 0 Å². The topological polar surface area (TPSA) is 94.4 Å². The predicted octanol–water partition coefficient (Wildman–Crippen LogP) is 5.04. The van der Waals surface area contributed by atoms with Gasteiger partial charge in [-0.05, 0) is 29.8 Å². The lowest BCUT2D eigenvalue weighted by Crippen LogP contribution is -2.11. The number of amides is 1. The minimum atomic E-state index is -0.460. The first kappa shape index (κ1) is 18.6. The van der Waals surface area contributed by atoms with Crippen LogP contribution in [0.1, 0.15) is 15.9 Å². The van der Waals surface area contributed by atoms with Crippen LogP contribution in [0.15, 0.2) is 72.8 Å². The lowest BCUT2D eigenvalue weighted by Gasteiger charge is -2.08. The Balaban J connectivity index is 1.47. The largest absolute Gasteiger partial charge is 0.489 e. The second-order valence-corrected chi connectivity index (χ2v) is 7.22. The van der Waals surface area contributed by atoms with E-state index in [0.29, 0.717) is 33.3 Å². The molecule has 0 saturated carbocycles. The number of benzene rings is 3. The Bertz CT molecular complexity index is 1190. The van der Waals surface area contributed by atoms with Crippen LogP contribution in [0, 0.1) is 10.1 Å². The molecule has 0 bridgehead atoms. The Kier molecular flexibility index (Phi) is 5.17. The number of aromatic nitrogens is 1. The van der Waals surface area contributed by atoms with E-state index in [0.717, 1.165) is 5.56 Å². The van der Waals surface area contributed by atoms with Crippen molar-refractivity contribution in [3.8, 4) is 5.75 Å². The van der Waals surface area contributed by atoms with Crippen LogP contribution in [0.3, 0.4) is 0 Å². The second kappa shape index (κ2) is 8.07. The molecule has 0 saturated heterocycles. The summed E-state index contributed by atoms with van der Waals surface area (Å²) in [6.45, 7) is 0.405. The monoisotopic (exact) mass is 405 g/mol. The fourth-order valence-electron chi connectivity index (χ4n) is 2.72. The molecule has 0 radical (unpaired) electrons. The Hall–Kier alpha value is -3.78. The molecular weight excluding hydrogens is 390 g/mol. The van der Waals surface area contributed by atoms with E-state index in [9.17, 15) is 14.9 Å². The van der Waals surface area contributed by atoms with Crippen LogP contribution in [0.25, 0.3) is 10.2 Å². The third kappa shape index (κ3) is 4.39. The number of non-ortho nitro benzene ring substituents is 1. The zero-order valence-corrected chi connectivity index (χ0v) is 15.9. The number of carbonyl (C=O) groups is 1. The van der Waals surface area contributed by atoms with Crippen molar-refractivity contribution in [2.24, 2.45) is 0 Å². The van der Waals surface area contributed by atoms with Gasteiger partial charge in [0, 0.05) is 17.7 Å². The first-order chi connectivity index (χ1) is 14.1. The van der Waals surface area contributed by atoms with Gasteiger partial charge in [-0.3, -0.25) is 20.2 Å². The first-order valence-corrected chi connectivity index (χ1v) is 9.53. The quantitative estimate of drug-likeness (QED) is 0.358. The van der Waals surface area contributed by atoms with E-state index in [1.807, 2.05) is 30.3 Å². The Morgan fingerprint density at radius 3 is 2.69 bits per heavy atom. The predicted molar refractivity (Wildman–Crippen MR) is 111 cm³/mol. The van der Waals surface area contributed by atoms with Crippen molar-refractivity contribution in [3.63, 3.8) is 0 Å². The molecule has 8 heteroatoms. The summed E-state index contributed by atoms with van der Waals surface area (Å²) in [5.41, 5.74) is 2.05. The van der Waals surface area contributed by atoms with Crippen LogP contribution in [-0.2, 0) is 6.61 Å². The van der Waals surface area contributed by atoms with Gasteiger partial charge in [-0.25, -0.2) is 4.98 Å². The summed E-state index contributed by atoms with van der Waals surface area (Å²) in [6.07, 6.45) is 0. The minimum absolute atomic E-state index is 0.0118. The van der Waals surface area contributed by atoms with Crippen molar-refractivity contribution < 1.29 is 14.5 Å². The van der Waals surface area contributed by atoms with Gasteiger partial charge in [-0.2, -0.15) is 0 Å². The lowest BCUT2D eigenvalue weighted by molar-refractivity contribution is -0.384. The number of nitrogens with zero attached hydrogens (tertiary/aromatic N) is 2. The van der Waals surface area contributed by atoms with Crippen molar-refractivity contribution in [3.05, 3.63) is 94.0 Å². The van der Waals surface area contributed by atoms with E-state index in [2.05, 4.69) is 10.3 Å². The van der Waals surface area contributed by atoms with Crippen molar-refractivity contribution in [2.75, 3.05) is 5.32 Å². The molecule has 29 heavy (non-hydrogen) atoms. The maximum absolute atomic E-state index is 12.6. The summed E-state index contributed by atoms with van der Waals surface area (Å²) < 4.78 is 6.39. The molecule has 144 valence electrons. The maximum Gasteiger partial charge on any atom is 0.270 e. The molecule has 1 N–H and O–H groups in total. The minimum Gasteiger partial charge on any atom is -0.489 e. The lowest BCUT2D eigenvalue weighted by atomic mass is 10.2. The number of carbonyl (C=O) groups excluding carboxylic acids is 1. The number of hydrogen-bond acceptors (Lipinski definition) is 6. The molecule has 1 aromatic heterocycles. The number of ether oxygens (including phenoxy) is 1. The third-order valence-electron chi connectivity index (χ3n) is 4.15. The van der Waals surface area contributed by atoms with Gasteiger partial charge in [-0.15, -0.1) is 0 Å². The van der Waals surface area contributed by atoms with Gasteiger partial charge in [-0.1, -0.05) is 47.7 Å². The number of nitro groups is 1. The zero-order chi connectivity index (χ0) is 20.2. The molecule has 4 rings (SSSR count). The summed E-state index contributed by atoms with van der Waals surface area (Å²) in [5, 5.41) is 14.0. The van der Waals surface area contributed by atoms with Crippen LogP contribution in [-0.4, -0.2) is 15.8 Å². The van der Waals surface area contributed by atoms with Crippen LogP contribution in [0.4, 0.5) is 10.8 Å². The van der Waals surface area contributed by atoms with Crippen molar-refractivity contribution in [2.45, 2.75) is 6.61 Å². The standard InChI is InChI=1S/C21H15N3O4S/c25-20(23-21-22-18-10-9-16(24(26)27)12-19(18)29-21)15-7-4-8-17(11-15)28-13-14-5-2-1-3-6-14/h1-12H,13H2,(H,22,23,25). The maximum atomic E-state index is 12.6. The van der Waals surface area contributed by atoms with Gasteiger partial charge < -0.3 is 4.74 Å². The van der Waals surface area contributed by atoms with Gasteiger partial charge in [0.2, 0.25) is 0 Å². The molecule has 0 aliphatic rings. The SMILES string of the molecule is O=C(Nc1nc2ccc([N+](=O)[O-])cc2s1)c1cccc(OCc2ccccc2)c1. The van der Waals surface area contributed by atoms with Gasteiger partial charge in [0.1, 0.15) is 12.4 Å². The number of nitrogens with one attached hydrogen (secondary N) is 1. The number of nitro benzene ring substituents is 1. The highest BCUT2D eigenvalue weighted by Crippen LogP contribution is 2.29. The highest BCUT2D eigenvalue weighted by Gasteiger charge is 2.13. The smallest absolute Gasteiger partial charge is 0.270 e. The molecule has 7 nitrogen and oxygen atoms in total. The summed E-state index contributed by atoms with van der Waals surface area (Å²) in [5.74, 6) is 0.255. The van der Waals surface area contributed by atoms with E-state index in [4.69, 9.17) is 4.74 Å². The van der Waals surface area contributed by atoms with E-state index in [-0.39, 0.29) is 11.6 Å². The Morgan fingerprint density at radius 2 is 1.90 bits per heavy atom. The molecule has 0 aliphatic heterocycles. The molecule has 0 aliphatic carbocycles. The molecule has 1 heterocycles. The van der Waals surface area contributed by atoms with Gasteiger partial charge in [0.15, 0.2) is 5.13 Å². The summed E-state index contributed by atoms with van der Waals surface area (Å²) in [7, 11) is 0. The van der Waals surface area contributed by atoms with E-state index < -0.39 is 4.92 Å². The molecule has 0 spiro atoms. The zero-order valence-electron chi connectivity index (χ0n) is 15.1. The highest BCUT2D eigenvalue weighted by atomic mass is 32.1. The average Bonchev–Trinajstić information content (AvgIpc) is 3.14. The van der Waals surface area contributed by atoms with E-state index >= 15 is 0 Å². The fourth-order valence-corrected chi connectivity index (χ4v) is 3.61. The molecule has 1 amide bonds. The highest BCUT2D eigenvalue weighted by molar-refractivity contribution is 7.22. The summed E-state index contributed by atoms with van der Waals surface area (Å²) in [6, 6.07) is 21.0. The first-order valence-electron chi connectivity index (χ1n) is 8.71. The molecule has 3 aromatic carbocycles. The molecule has 0 unspecified atom stereocenters. The number of anilines is 1. The van der Waals surface area contributed by atoms with Crippen molar-refractivity contribution in [1.82, 2.24) is 4.98 Å². The molecule has 0 fully saturated rings. The molecular formula is C21H15N3O4S. The summed E-state index contributed by atoms with van der Waals surface area (Å²) >= 11 is 1.18.